The minimum Gasteiger partial charge on any atom is -0.366 e. The van der Waals surface area contributed by atoms with Crippen molar-refractivity contribution in [3.05, 3.63) is 50.9 Å². The highest BCUT2D eigenvalue weighted by Gasteiger charge is 2.23. The van der Waals surface area contributed by atoms with E-state index in [2.05, 4.69) is 0 Å². The van der Waals surface area contributed by atoms with Crippen molar-refractivity contribution in [1.29, 1.82) is 0 Å². The van der Waals surface area contributed by atoms with Gasteiger partial charge in [-0.3, -0.25) is 14.9 Å². The summed E-state index contributed by atoms with van der Waals surface area (Å²) in [6.45, 7) is 1.54. The van der Waals surface area contributed by atoms with Crippen LogP contribution in [0.5, 0.6) is 0 Å². The van der Waals surface area contributed by atoms with Gasteiger partial charge in [-0.05, 0) is 30.5 Å². The highest BCUT2D eigenvalue weighted by Crippen LogP contribution is 2.36. The molecule has 6 heteroatoms. The summed E-state index contributed by atoms with van der Waals surface area (Å²) >= 11 is 1.41. The average molecular weight is 262 g/mol. The van der Waals surface area contributed by atoms with E-state index in [-0.39, 0.29) is 11.3 Å². The Bertz CT molecular complexity index is 621. The molecule has 2 rings (SSSR count). The molecular formula is C12H10N2O3S. The summed E-state index contributed by atoms with van der Waals surface area (Å²) in [6, 6.07) is 6.72. The van der Waals surface area contributed by atoms with Crippen molar-refractivity contribution in [2.24, 2.45) is 5.73 Å². The minimum absolute atomic E-state index is 0.0613. The first-order valence-electron chi connectivity index (χ1n) is 5.14. The summed E-state index contributed by atoms with van der Waals surface area (Å²) < 4.78 is 0. The van der Waals surface area contributed by atoms with Crippen molar-refractivity contribution in [3.63, 3.8) is 0 Å². The predicted molar refractivity (Wildman–Crippen MR) is 69.7 cm³/mol. The molecule has 2 N–H and O–H groups in total. The van der Waals surface area contributed by atoms with E-state index in [1.54, 1.807) is 12.1 Å². The molecule has 0 saturated carbocycles. The van der Waals surface area contributed by atoms with Gasteiger partial charge in [-0.2, -0.15) is 0 Å². The van der Waals surface area contributed by atoms with Crippen LogP contribution >= 0.6 is 11.3 Å². The van der Waals surface area contributed by atoms with Gasteiger partial charge in [-0.1, -0.05) is 6.07 Å². The third-order valence-corrected chi connectivity index (χ3v) is 3.57. The Labute approximate surface area is 107 Å². The normalized spacial score (nSPS) is 10.3. The Morgan fingerprint density at radius 1 is 1.39 bits per heavy atom. The van der Waals surface area contributed by atoms with Gasteiger partial charge < -0.3 is 5.73 Å². The number of nitro groups is 1. The zero-order valence-electron chi connectivity index (χ0n) is 9.54. The molecule has 0 bridgehead atoms. The van der Waals surface area contributed by atoms with Crippen LogP contribution in [-0.2, 0) is 0 Å². The fourth-order valence-electron chi connectivity index (χ4n) is 1.83. The molecule has 1 aromatic carbocycles. The standard InChI is InChI=1S/C12H10N2O3S/c1-7-8(12(13)15)4-5-9(11(7)14(16)17)10-3-2-6-18-10/h2-6H,1H3,(H2,13,15). The number of nitrogens with two attached hydrogens (primary N) is 1. The smallest absolute Gasteiger partial charge is 0.281 e. The average Bonchev–Trinajstić information content (AvgIpc) is 2.80. The molecule has 0 spiro atoms. The van der Waals surface area contributed by atoms with Crippen LogP contribution in [0, 0.1) is 17.0 Å². The zero-order chi connectivity index (χ0) is 13.3. The number of nitrogens with zero attached hydrogens (tertiary/aromatic N) is 1. The maximum atomic E-state index is 11.2. The number of rotatable bonds is 3. The Morgan fingerprint density at radius 2 is 2.11 bits per heavy atom. The summed E-state index contributed by atoms with van der Waals surface area (Å²) in [6.07, 6.45) is 0. The molecule has 1 aromatic heterocycles. The Hall–Kier alpha value is -2.21. The van der Waals surface area contributed by atoms with E-state index in [1.165, 1.54) is 24.3 Å². The second-order valence-electron chi connectivity index (χ2n) is 3.73. The number of carbonyl (C=O) groups excluding carboxylic acids is 1. The third-order valence-electron chi connectivity index (χ3n) is 2.67. The van der Waals surface area contributed by atoms with Crippen molar-refractivity contribution in [1.82, 2.24) is 0 Å². The lowest BCUT2D eigenvalue weighted by atomic mass is 10.0. The number of thiophene rings is 1. The monoisotopic (exact) mass is 262 g/mol. The Morgan fingerprint density at radius 3 is 2.61 bits per heavy atom. The highest BCUT2D eigenvalue weighted by molar-refractivity contribution is 7.13. The fraction of sp³-hybridized carbons (Fsp3) is 0.0833. The topological polar surface area (TPSA) is 86.2 Å². The van der Waals surface area contributed by atoms with Crippen molar-refractivity contribution >= 4 is 22.9 Å². The van der Waals surface area contributed by atoms with Crippen molar-refractivity contribution in [3.8, 4) is 10.4 Å². The summed E-state index contributed by atoms with van der Waals surface area (Å²) in [5.74, 6) is -0.659. The zero-order valence-corrected chi connectivity index (χ0v) is 10.4. The Kier molecular flexibility index (Phi) is 3.12. The summed E-state index contributed by atoms with van der Waals surface area (Å²) in [5, 5.41) is 13.0. The molecule has 1 heterocycles. The largest absolute Gasteiger partial charge is 0.366 e. The van der Waals surface area contributed by atoms with E-state index in [0.29, 0.717) is 11.1 Å². The number of hydrogen-bond acceptors (Lipinski definition) is 4. The number of nitro benzene ring substituents is 1. The lowest BCUT2D eigenvalue weighted by molar-refractivity contribution is -0.384. The molecule has 0 aliphatic carbocycles. The highest BCUT2D eigenvalue weighted by atomic mass is 32.1. The summed E-state index contributed by atoms with van der Waals surface area (Å²) in [7, 11) is 0. The van der Waals surface area contributed by atoms with Gasteiger partial charge in [0.25, 0.3) is 5.69 Å². The Balaban J connectivity index is 2.73. The van der Waals surface area contributed by atoms with Crippen LogP contribution in [-0.4, -0.2) is 10.8 Å². The van der Waals surface area contributed by atoms with Gasteiger partial charge in [0.15, 0.2) is 0 Å². The molecule has 0 fully saturated rings. The molecule has 5 nitrogen and oxygen atoms in total. The number of carbonyl (C=O) groups is 1. The van der Waals surface area contributed by atoms with Gasteiger partial charge in [0.1, 0.15) is 0 Å². The second kappa shape index (κ2) is 4.58. The minimum atomic E-state index is -0.659. The van der Waals surface area contributed by atoms with Gasteiger partial charge in [0, 0.05) is 16.0 Å². The van der Waals surface area contributed by atoms with Gasteiger partial charge >= 0.3 is 0 Å². The number of primary amides is 1. The molecule has 0 aliphatic heterocycles. The van der Waals surface area contributed by atoms with Crippen molar-refractivity contribution in [2.75, 3.05) is 0 Å². The van der Waals surface area contributed by atoms with E-state index >= 15 is 0 Å². The van der Waals surface area contributed by atoms with Crippen molar-refractivity contribution < 1.29 is 9.72 Å². The molecule has 1 amide bonds. The van der Waals surface area contributed by atoms with Crippen LogP contribution in [0.25, 0.3) is 10.4 Å². The molecule has 2 aromatic rings. The molecule has 0 unspecified atom stereocenters. The number of hydrogen-bond donors (Lipinski definition) is 1. The van der Waals surface area contributed by atoms with E-state index < -0.39 is 10.8 Å². The number of benzene rings is 1. The van der Waals surface area contributed by atoms with Crippen LogP contribution in [0.2, 0.25) is 0 Å². The first-order valence-corrected chi connectivity index (χ1v) is 6.02. The molecular weight excluding hydrogens is 252 g/mol. The number of amides is 1. The van der Waals surface area contributed by atoms with Crippen LogP contribution in [0.1, 0.15) is 15.9 Å². The van der Waals surface area contributed by atoms with Gasteiger partial charge in [0.05, 0.1) is 10.5 Å². The summed E-state index contributed by atoms with van der Waals surface area (Å²) in [5.41, 5.74) is 6.13. The maximum absolute atomic E-state index is 11.2. The molecule has 92 valence electrons. The van der Waals surface area contributed by atoms with Crippen LogP contribution < -0.4 is 5.73 Å². The van der Waals surface area contributed by atoms with E-state index in [9.17, 15) is 14.9 Å². The lowest BCUT2D eigenvalue weighted by Gasteiger charge is -2.07. The predicted octanol–water partition coefficient (Wildman–Crippen LogP) is 2.73. The quantitative estimate of drug-likeness (QED) is 0.681. The van der Waals surface area contributed by atoms with Crippen molar-refractivity contribution in [2.45, 2.75) is 6.92 Å². The first-order chi connectivity index (χ1) is 8.52. The molecule has 0 saturated heterocycles. The maximum Gasteiger partial charge on any atom is 0.281 e. The fourth-order valence-corrected chi connectivity index (χ4v) is 2.59. The van der Waals surface area contributed by atoms with Crippen LogP contribution in [0.3, 0.4) is 0 Å². The first kappa shape index (κ1) is 12.3. The SMILES string of the molecule is Cc1c(C(N)=O)ccc(-c2cccs2)c1[N+](=O)[O-]. The molecule has 0 radical (unpaired) electrons. The molecule has 0 atom stereocenters. The van der Waals surface area contributed by atoms with Gasteiger partial charge in [-0.25, -0.2) is 0 Å². The summed E-state index contributed by atoms with van der Waals surface area (Å²) in [4.78, 5) is 22.7. The third kappa shape index (κ3) is 1.98. The van der Waals surface area contributed by atoms with E-state index in [4.69, 9.17) is 5.73 Å². The van der Waals surface area contributed by atoms with Gasteiger partial charge in [-0.15, -0.1) is 11.3 Å². The lowest BCUT2D eigenvalue weighted by Crippen LogP contribution is -2.13. The second-order valence-corrected chi connectivity index (χ2v) is 4.68. The van der Waals surface area contributed by atoms with Gasteiger partial charge in [0.2, 0.25) is 5.91 Å². The van der Waals surface area contributed by atoms with Crippen LogP contribution in [0.4, 0.5) is 5.69 Å². The molecule has 18 heavy (non-hydrogen) atoms. The molecule has 0 aliphatic rings. The van der Waals surface area contributed by atoms with E-state index in [0.717, 1.165) is 4.88 Å². The van der Waals surface area contributed by atoms with Crippen LogP contribution in [0.15, 0.2) is 29.6 Å². The van der Waals surface area contributed by atoms with E-state index in [1.807, 2.05) is 11.4 Å².